The molecule has 0 unspecified atom stereocenters. The maximum Gasteiger partial charge on any atom is 0.272 e. The molecule has 0 bridgehead atoms. The number of hydrogen-bond acceptors (Lipinski definition) is 5. The molecule has 0 N–H and O–H groups in total. The average molecular weight is 447 g/mol. The van der Waals surface area contributed by atoms with Gasteiger partial charge in [-0.25, -0.2) is 4.68 Å². The Morgan fingerprint density at radius 3 is 2.55 bits per heavy atom. The van der Waals surface area contributed by atoms with Crippen LogP contribution in [0.3, 0.4) is 0 Å². The van der Waals surface area contributed by atoms with Gasteiger partial charge < -0.3 is 9.64 Å². The summed E-state index contributed by atoms with van der Waals surface area (Å²) >= 11 is 0. The Bertz CT molecular complexity index is 1210. The fraction of sp³-hybridized carbons (Fsp3) is 0.385. The maximum atomic E-state index is 13.0. The predicted octanol–water partition coefficient (Wildman–Crippen LogP) is 4.22. The molecular formula is C26H30N4O3. The number of amides is 1. The van der Waals surface area contributed by atoms with Crippen LogP contribution < -0.4 is 10.3 Å². The molecule has 5 rings (SSSR count). The van der Waals surface area contributed by atoms with Gasteiger partial charge in [-0.1, -0.05) is 26.0 Å². The number of pyridine rings is 1. The van der Waals surface area contributed by atoms with Crippen LogP contribution in [0.2, 0.25) is 0 Å². The zero-order valence-electron chi connectivity index (χ0n) is 19.6. The van der Waals surface area contributed by atoms with Crippen molar-refractivity contribution in [3.05, 3.63) is 75.8 Å². The van der Waals surface area contributed by atoms with Gasteiger partial charge in [0.05, 0.1) is 18.8 Å². The number of aromatic nitrogens is 3. The van der Waals surface area contributed by atoms with Crippen molar-refractivity contribution < 1.29 is 9.53 Å². The smallest absolute Gasteiger partial charge is 0.272 e. The fourth-order valence-electron chi connectivity index (χ4n) is 4.09. The first-order valence-corrected chi connectivity index (χ1v) is 11.5. The molecule has 7 heteroatoms. The zero-order valence-corrected chi connectivity index (χ0v) is 19.6. The van der Waals surface area contributed by atoms with E-state index in [1.54, 1.807) is 24.3 Å². The van der Waals surface area contributed by atoms with E-state index < -0.39 is 0 Å². The molecule has 2 aromatic heterocycles. The molecule has 1 aliphatic carbocycles. The summed E-state index contributed by atoms with van der Waals surface area (Å²) in [7, 11) is 1.62. The van der Waals surface area contributed by atoms with Crippen molar-refractivity contribution in [1.82, 2.24) is 19.7 Å². The van der Waals surface area contributed by atoms with E-state index in [2.05, 4.69) is 10.1 Å². The van der Waals surface area contributed by atoms with Crippen LogP contribution in [0.1, 0.15) is 60.3 Å². The monoisotopic (exact) mass is 446 g/mol. The molecule has 0 spiro atoms. The highest BCUT2D eigenvalue weighted by Crippen LogP contribution is 2.41. The third-order valence-corrected chi connectivity index (χ3v) is 6.01. The van der Waals surface area contributed by atoms with Crippen molar-refractivity contribution in [3.8, 4) is 17.0 Å². The highest BCUT2D eigenvalue weighted by Gasteiger charge is 2.37. The Kier molecular flexibility index (Phi) is 6.58. The molecule has 33 heavy (non-hydrogen) atoms. The first-order chi connectivity index (χ1) is 16.0. The van der Waals surface area contributed by atoms with Gasteiger partial charge in [-0.2, -0.15) is 5.10 Å². The Labute approximate surface area is 194 Å². The Morgan fingerprint density at radius 2 is 1.85 bits per heavy atom. The summed E-state index contributed by atoms with van der Waals surface area (Å²) in [5, 5.41) is 4.60. The van der Waals surface area contributed by atoms with E-state index in [9.17, 15) is 9.59 Å². The summed E-state index contributed by atoms with van der Waals surface area (Å²) in [5.41, 5.74) is 3.99. The van der Waals surface area contributed by atoms with E-state index in [0.29, 0.717) is 36.1 Å². The number of nitrogens with zero attached hydrogens (tertiary/aromatic N) is 4. The average Bonchev–Trinajstić information content (AvgIpc) is 3.66. The normalized spacial score (nSPS) is 15.3. The predicted molar refractivity (Wildman–Crippen MR) is 128 cm³/mol. The standard InChI is InChI=1S/C24H24N4O3.C2H6/c1-15-5-8-19(21(12-15)31-2)20-9-10-22(29)28(26-20)17-13-27(14-17)24(30)23-18(16-6-7-16)4-3-11-25-23;1-2/h3-5,8-12,16-17H,6-7,13-14H2,1-2H3;1-2H3. The highest BCUT2D eigenvalue weighted by molar-refractivity contribution is 5.94. The van der Waals surface area contributed by atoms with Crippen LogP contribution >= 0.6 is 0 Å². The number of carbonyl (C=O) groups excluding carboxylic acids is 1. The van der Waals surface area contributed by atoms with Crippen molar-refractivity contribution in [2.75, 3.05) is 20.2 Å². The van der Waals surface area contributed by atoms with Gasteiger partial charge in [0.2, 0.25) is 0 Å². The van der Waals surface area contributed by atoms with E-state index in [0.717, 1.165) is 29.5 Å². The second kappa shape index (κ2) is 9.57. The van der Waals surface area contributed by atoms with Gasteiger partial charge in [0.15, 0.2) is 0 Å². The molecule has 1 aliphatic heterocycles. The summed E-state index contributed by atoms with van der Waals surface area (Å²) < 4.78 is 6.98. The molecule has 3 heterocycles. The summed E-state index contributed by atoms with van der Waals surface area (Å²) in [6.45, 7) is 6.89. The quantitative estimate of drug-likeness (QED) is 0.586. The summed E-state index contributed by atoms with van der Waals surface area (Å²) in [6, 6.07) is 12.9. The van der Waals surface area contributed by atoms with Crippen molar-refractivity contribution in [3.63, 3.8) is 0 Å². The number of rotatable bonds is 5. The number of methoxy groups -OCH3 is 1. The third-order valence-electron chi connectivity index (χ3n) is 6.01. The minimum atomic E-state index is -0.177. The Balaban J connectivity index is 0.00000126. The number of likely N-dealkylation sites (tertiary alicyclic amines) is 1. The van der Waals surface area contributed by atoms with E-state index >= 15 is 0 Å². The lowest BCUT2D eigenvalue weighted by Gasteiger charge is -2.39. The minimum absolute atomic E-state index is 0.0665. The number of aryl methyl sites for hydroxylation is 1. The van der Waals surface area contributed by atoms with Crippen LogP contribution in [0.15, 0.2) is 53.5 Å². The summed E-state index contributed by atoms with van der Waals surface area (Å²) in [5.74, 6) is 1.10. The molecule has 0 atom stereocenters. The third kappa shape index (κ3) is 4.53. The lowest BCUT2D eigenvalue weighted by molar-refractivity contribution is 0.0486. The summed E-state index contributed by atoms with van der Waals surface area (Å²) in [4.78, 5) is 31.6. The molecule has 2 fully saturated rings. The van der Waals surface area contributed by atoms with Crippen LogP contribution in [0.4, 0.5) is 0 Å². The number of carbonyl (C=O) groups is 1. The summed E-state index contributed by atoms with van der Waals surface area (Å²) in [6.07, 6.45) is 3.90. The second-order valence-corrected chi connectivity index (χ2v) is 8.28. The molecule has 7 nitrogen and oxygen atoms in total. The zero-order chi connectivity index (χ0) is 23.5. The van der Waals surface area contributed by atoms with Crippen LogP contribution in [0, 0.1) is 6.92 Å². The molecule has 3 aromatic rings. The van der Waals surface area contributed by atoms with Gasteiger partial charge in [-0.15, -0.1) is 0 Å². The molecule has 172 valence electrons. The minimum Gasteiger partial charge on any atom is -0.496 e. The largest absolute Gasteiger partial charge is 0.496 e. The highest BCUT2D eigenvalue weighted by atomic mass is 16.5. The molecule has 1 amide bonds. The second-order valence-electron chi connectivity index (χ2n) is 8.28. The van der Waals surface area contributed by atoms with Gasteiger partial charge in [0.25, 0.3) is 11.5 Å². The SMILES string of the molecule is CC.COc1cc(C)ccc1-c1ccc(=O)n(C2CN(C(=O)c3ncccc3C3CC3)C2)n1. The van der Waals surface area contributed by atoms with Gasteiger partial charge in [0.1, 0.15) is 11.4 Å². The lowest BCUT2D eigenvalue weighted by atomic mass is 10.0. The van der Waals surface area contributed by atoms with Crippen molar-refractivity contribution in [2.45, 2.75) is 45.6 Å². The van der Waals surface area contributed by atoms with E-state index in [4.69, 9.17) is 4.74 Å². The number of benzene rings is 1. The van der Waals surface area contributed by atoms with Crippen molar-refractivity contribution in [2.24, 2.45) is 0 Å². The maximum absolute atomic E-state index is 13.0. The van der Waals surface area contributed by atoms with E-state index in [-0.39, 0.29) is 17.5 Å². The first-order valence-electron chi connectivity index (χ1n) is 11.5. The number of ether oxygens (including phenoxy) is 1. The Hall–Kier alpha value is -3.48. The molecule has 1 saturated heterocycles. The fourth-order valence-corrected chi connectivity index (χ4v) is 4.09. The molecule has 1 saturated carbocycles. The molecule has 1 aromatic carbocycles. The molecule has 2 aliphatic rings. The van der Waals surface area contributed by atoms with E-state index in [1.165, 1.54) is 10.7 Å². The Morgan fingerprint density at radius 1 is 1.09 bits per heavy atom. The first kappa shape index (κ1) is 22.7. The van der Waals surface area contributed by atoms with Gasteiger partial charge >= 0.3 is 0 Å². The molecular weight excluding hydrogens is 416 g/mol. The van der Waals surface area contributed by atoms with E-state index in [1.807, 2.05) is 51.1 Å². The van der Waals surface area contributed by atoms with Gasteiger partial charge in [-0.05, 0) is 61.1 Å². The van der Waals surface area contributed by atoms with Crippen LogP contribution in [0.25, 0.3) is 11.3 Å². The topological polar surface area (TPSA) is 77.3 Å². The van der Waals surface area contributed by atoms with Gasteiger partial charge in [0, 0.05) is 30.9 Å². The number of hydrogen-bond donors (Lipinski definition) is 0. The van der Waals surface area contributed by atoms with Crippen LogP contribution in [-0.4, -0.2) is 45.8 Å². The van der Waals surface area contributed by atoms with Crippen molar-refractivity contribution >= 4 is 5.91 Å². The van der Waals surface area contributed by atoms with Gasteiger partial charge in [-0.3, -0.25) is 14.6 Å². The lowest BCUT2D eigenvalue weighted by Crippen LogP contribution is -2.53. The van der Waals surface area contributed by atoms with Crippen LogP contribution in [-0.2, 0) is 0 Å². The molecule has 0 radical (unpaired) electrons. The van der Waals surface area contributed by atoms with Crippen molar-refractivity contribution in [1.29, 1.82) is 0 Å². The van der Waals surface area contributed by atoms with Crippen LogP contribution in [0.5, 0.6) is 5.75 Å².